The van der Waals surface area contributed by atoms with Crippen molar-refractivity contribution in [2.75, 3.05) is 33.8 Å². The quantitative estimate of drug-likeness (QED) is 0.227. The van der Waals surface area contributed by atoms with Gasteiger partial charge in [-0.05, 0) is 42.0 Å². The Balaban J connectivity index is 1.94. The minimum absolute atomic E-state index is 0.0507. The number of phenolic OH excluding ortho intramolecular Hbond substituents is 2. The molecule has 0 saturated heterocycles. The molecule has 0 unspecified atom stereocenters. The molecule has 1 amide bonds. The summed E-state index contributed by atoms with van der Waals surface area (Å²) in [6, 6.07) is 13.5. The van der Waals surface area contributed by atoms with Crippen molar-refractivity contribution in [1.29, 1.82) is 0 Å². The molecule has 8 heteroatoms. The van der Waals surface area contributed by atoms with Gasteiger partial charge in [0.1, 0.15) is 5.75 Å². The van der Waals surface area contributed by atoms with Crippen LogP contribution in [0.2, 0.25) is 0 Å². The molecule has 0 aliphatic heterocycles. The van der Waals surface area contributed by atoms with Gasteiger partial charge in [0.25, 0.3) is 0 Å². The van der Waals surface area contributed by atoms with Gasteiger partial charge in [0, 0.05) is 17.2 Å². The molecule has 3 N–H and O–H groups in total. The molecule has 0 aromatic heterocycles. The first-order valence-corrected chi connectivity index (χ1v) is 10.6. The molecule has 0 fully saturated rings. The third-order valence-electron chi connectivity index (χ3n) is 5.13. The van der Waals surface area contributed by atoms with E-state index in [2.05, 4.69) is 5.32 Å². The summed E-state index contributed by atoms with van der Waals surface area (Å²) < 4.78 is 21.3. The van der Waals surface area contributed by atoms with Crippen molar-refractivity contribution < 1.29 is 34.0 Å². The van der Waals surface area contributed by atoms with Gasteiger partial charge < -0.3 is 34.5 Å². The zero-order chi connectivity index (χ0) is 25.4. The van der Waals surface area contributed by atoms with E-state index in [1.807, 2.05) is 0 Å². The smallest absolute Gasteiger partial charge is 0.248 e. The highest BCUT2D eigenvalue weighted by Crippen LogP contribution is 2.40. The van der Waals surface area contributed by atoms with Gasteiger partial charge in [-0.15, -0.1) is 0 Å². The van der Waals surface area contributed by atoms with Crippen LogP contribution in [-0.2, 0) is 4.79 Å². The number of phenols is 2. The average Bonchev–Trinajstić information content (AvgIpc) is 2.87. The average molecular weight is 478 g/mol. The van der Waals surface area contributed by atoms with Crippen LogP contribution in [-0.4, -0.2) is 44.6 Å². The van der Waals surface area contributed by atoms with Crippen LogP contribution in [0, 0.1) is 0 Å². The lowest BCUT2D eigenvalue weighted by atomic mass is 10.1. The van der Waals surface area contributed by atoms with Gasteiger partial charge in [-0.2, -0.15) is 0 Å². The molecular formula is C27H27NO7. The molecule has 0 aliphatic rings. The molecule has 0 spiro atoms. The van der Waals surface area contributed by atoms with E-state index in [0.717, 1.165) is 5.56 Å². The van der Waals surface area contributed by atoms with Gasteiger partial charge in [-0.25, -0.2) is 0 Å². The maximum Gasteiger partial charge on any atom is 0.248 e. The summed E-state index contributed by atoms with van der Waals surface area (Å²) in [5, 5.41) is 23.2. The molecule has 3 rings (SSSR count). The molecule has 35 heavy (non-hydrogen) atoms. The van der Waals surface area contributed by atoms with E-state index in [9.17, 15) is 15.0 Å². The molecule has 3 aromatic rings. The lowest BCUT2D eigenvalue weighted by Crippen LogP contribution is -2.09. The Morgan fingerprint density at radius 3 is 2.03 bits per heavy atom. The Bertz CT molecular complexity index is 1240. The van der Waals surface area contributed by atoms with Crippen molar-refractivity contribution in [3.8, 4) is 34.5 Å². The van der Waals surface area contributed by atoms with Crippen molar-refractivity contribution in [2.24, 2.45) is 0 Å². The van der Waals surface area contributed by atoms with Crippen LogP contribution in [0.4, 0.5) is 5.69 Å². The molecular weight excluding hydrogens is 450 g/mol. The second kappa shape index (κ2) is 11.5. The largest absolute Gasteiger partial charge is 0.507 e. The first-order valence-electron chi connectivity index (χ1n) is 10.6. The van der Waals surface area contributed by atoms with E-state index >= 15 is 0 Å². The van der Waals surface area contributed by atoms with Crippen molar-refractivity contribution in [1.82, 2.24) is 0 Å². The predicted molar refractivity (Wildman–Crippen MR) is 135 cm³/mol. The van der Waals surface area contributed by atoms with Crippen LogP contribution in [0.25, 0.3) is 18.2 Å². The SMILES string of the molecule is COc1ccc(C=Cc2cc(OC)c(OC)c(OC)c2)c(NC(=O)/C=C/c2ccccc2O)c1O. The molecule has 0 saturated carbocycles. The Morgan fingerprint density at radius 1 is 0.771 bits per heavy atom. The molecule has 0 heterocycles. The van der Waals surface area contributed by atoms with E-state index in [0.29, 0.717) is 28.4 Å². The lowest BCUT2D eigenvalue weighted by molar-refractivity contribution is -0.111. The summed E-state index contributed by atoms with van der Waals surface area (Å²) in [6.07, 6.45) is 6.25. The number of ether oxygens (including phenoxy) is 4. The van der Waals surface area contributed by atoms with Gasteiger partial charge in [0.2, 0.25) is 11.7 Å². The van der Waals surface area contributed by atoms with E-state index in [-0.39, 0.29) is 22.9 Å². The first-order chi connectivity index (χ1) is 16.9. The number of hydrogen-bond acceptors (Lipinski definition) is 7. The van der Waals surface area contributed by atoms with Crippen LogP contribution >= 0.6 is 0 Å². The van der Waals surface area contributed by atoms with E-state index < -0.39 is 5.91 Å². The summed E-state index contributed by atoms with van der Waals surface area (Å²) in [5.41, 5.74) is 1.92. The van der Waals surface area contributed by atoms with Crippen LogP contribution < -0.4 is 24.3 Å². The van der Waals surface area contributed by atoms with Crippen LogP contribution in [0.5, 0.6) is 34.5 Å². The molecule has 3 aromatic carbocycles. The summed E-state index contributed by atoms with van der Waals surface area (Å²) >= 11 is 0. The molecule has 0 bridgehead atoms. The molecule has 0 atom stereocenters. The van der Waals surface area contributed by atoms with Crippen LogP contribution in [0.1, 0.15) is 16.7 Å². The normalized spacial score (nSPS) is 11.0. The minimum atomic E-state index is -0.501. The number of para-hydroxylation sites is 1. The first kappa shape index (κ1) is 25.0. The second-order valence-corrected chi connectivity index (χ2v) is 7.25. The van der Waals surface area contributed by atoms with Gasteiger partial charge in [-0.1, -0.05) is 30.4 Å². The Morgan fingerprint density at radius 2 is 1.43 bits per heavy atom. The zero-order valence-corrected chi connectivity index (χ0v) is 19.9. The van der Waals surface area contributed by atoms with Gasteiger partial charge >= 0.3 is 0 Å². The van der Waals surface area contributed by atoms with Crippen LogP contribution in [0.3, 0.4) is 0 Å². The number of rotatable bonds is 9. The third kappa shape index (κ3) is 5.86. The van der Waals surface area contributed by atoms with Crippen molar-refractivity contribution in [2.45, 2.75) is 0 Å². The fraction of sp³-hybridized carbons (Fsp3) is 0.148. The summed E-state index contributed by atoms with van der Waals surface area (Å²) in [7, 11) is 6.01. The summed E-state index contributed by atoms with van der Waals surface area (Å²) in [4.78, 5) is 12.6. The number of amides is 1. The van der Waals surface area contributed by atoms with E-state index in [1.165, 1.54) is 46.7 Å². The molecule has 182 valence electrons. The van der Waals surface area contributed by atoms with Crippen molar-refractivity contribution in [3.05, 3.63) is 71.3 Å². The number of carbonyl (C=O) groups is 1. The van der Waals surface area contributed by atoms with Gasteiger partial charge in [-0.3, -0.25) is 4.79 Å². The second-order valence-electron chi connectivity index (χ2n) is 7.25. The number of methoxy groups -OCH3 is 4. The number of carbonyl (C=O) groups excluding carboxylic acids is 1. The monoisotopic (exact) mass is 477 g/mol. The highest BCUT2D eigenvalue weighted by atomic mass is 16.5. The fourth-order valence-corrected chi connectivity index (χ4v) is 3.37. The minimum Gasteiger partial charge on any atom is -0.507 e. The van der Waals surface area contributed by atoms with E-state index in [1.54, 1.807) is 54.6 Å². The number of hydrogen-bond donors (Lipinski definition) is 3. The van der Waals surface area contributed by atoms with Gasteiger partial charge in [0.15, 0.2) is 23.0 Å². The molecule has 0 aliphatic carbocycles. The Kier molecular flexibility index (Phi) is 8.24. The van der Waals surface area contributed by atoms with Crippen molar-refractivity contribution >= 4 is 29.8 Å². The Labute approximate surface area is 203 Å². The Hall–Kier alpha value is -4.59. The topological polar surface area (TPSA) is 106 Å². The third-order valence-corrected chi connectivity index (χ3v) is 5.13. The fourth-order valence-electron chi connectivity index (χ4n) is 3.37. The highest BCUT2D eigenvalue weighted by Gasteiger charge is 2.15. The number of benzene rings is 3. The van der Waals surface area contributed by atoms with Gasteiger partial charge in [0.05, 0.1) is 34.1 Å². The zero-order valence-electron chi connectivity index (χ0n) is 19.9. The number of anilines is 1. The highest BCUT2D eigenvalue weighted by molar-refractivity contribution is 6.04. The molecule has 8 nitrogen and oxygen atoms in total. The number of nitrogens with one attached hydrogen (secondary N) is 1. The number of aromatic hydroxyl groups is 2. The van der Waals surface area contributed by atoms with Crippen LogP contribution in [0.15, 0.2) is 54.6 Å². The predicted octanol–water partition coefficient (Wildman–Crippen LogP) is 4.95. The summed E-state index contributed by atoms with van der Waals surface area (Å²) in [5.74, 6) is 0.991. The maximum atomic E-state index is 12.6. The lowest BCUT2D eigenvalue weighted by Gasteiger charge is -2.14. The maximum absolute atomic E-state index is 12.6. The summed E-state index contributed by atoms with van der Waals surface area (Å²) in [6.45, 7) is 0. The standard InChI is InChI=1S/C27H27NO7/c1-32-21-13-11-19(10-9-17-15-22(33-2)27(35-4)23(16-17)34-3)25(26(21)31)28-24(30)14-12-18-7-5-6-8-20(18)29/h5-16,29,31H,1-4H3,(H,28,30)/b10-9?,14-12+. The molecule has 0 radical (unpaired) electrons. The van der Waals surface area contributed by atoms with Crippen molar-refractivity contribution in [3.63, 3.8) is 0 Å². The van der Waals surface area contributed by atoms with E-state index in [4.69, 9.17) is 18.9 Å².